The maximum Gasteiger partial charge on any atom is 0.0622 e. The van der Waals surface area contributed by atoms with Crippen LogP contribution in [0.25, 0.3) is 0 Å². The summed E-state index contributed by atoms with van der Waals surface area (Å²) >= 11 is 18.5. The monoisotopic (exact) mass is 342 g/mol. The number of benzene rings is 1. The fourth-order valence-corrected chi connectivity index (χ4v) is 2.92. The Morgan fingerprint density at radius 1 is 1.14 bits per heavy atom. The number of pyridine rings is 1. The molecule has 0 saturated heterocycles. The molecule has 0 saturated carbocycles. The number of nitrogens with zero attached hydrogens (tertiary/aromatic N) is 1. The van der Waals surface area contributed by atoms with Crippen molar-refractivity contribution in [3.8, 4) is 0 Å². The Kier molecular flexibility index (Phi) is 6.31. The lowest BCUT2D eigenvalue weighted by atomic mass is 9.99. The molecule has 2 nitrogen and oxygen atoms in total. The zero-order valence-corrected chi connectivity index (χ0v) is 14.0. The molecule has 5 heteroatoms. The van der Waals surface area contributed by atoms with Gasteiger partial charge in [0.25, 0.3) is 0 Å². The minimum absolute atomic E-state index is 0.0922. The van der Waals surface area contributed by atoms with E-state index in [0.29, 0.717) is 15.1 Å². The average Bonchev–Trinajstić information content (AvgIpc) is 2.46. The van der Waals surface area contributed by atoms with Crippen LogP contribution in [0.5, 0.6) is 0 Å². The molecule has 0 fully saturated rings. The lowest BCUT2D eigenvalue weighted by Gasteiger charge is -2.21. The van der Waals surface area contributed by atoms with Crippen LogP contribution < -0.4 is 5.32 Å². The van der Waals surface area contributed by atoms with Crippen molar-refractivity contribution in [2.45, 2.75) is 25.8 Å². The highest BCUT2D eigenvalue weighted by molar-refractivity contribution is 6.35. The summed E-state index contributed by atoms with van der Waals surface area (Å²) in [5, 5.41) is 5.49. The molecule has 0 aliphatic rings. The first-order valence-corrected chi connectivity index (χ1v) is 8.02. The molecule has 1 heterocycles. The summed E-state index contributed by atoms with van der Waals surface area (Å²) < 4.78 is 0. The molecular weight excluding hydrogens is 327 g/mol. The van der Waals surface area contributed by atoms with E-state index in [9.17, 15) is 0 Å². The minimum atomic E-state index is 0.0922. The zero-order chi connectivity index (χ0) is 15.2. The third-order valence-electron chi connectivity index (χ3n) is 3.26. The smallest absolute Gasteiger partial charge is 0.0622 e. The molecule has 0 radical (unpaired) electrons. The van der Waals surface area contributed by atoms with Crippen molar-refractivity contribution in [3.63, 3.8) is 0 Å². The van der Waals surface area contributed by atoms with Gasteiger partial charge in [0, 0.05) is 28.5 Å². The molecule has 21 heavy (non-hydrogen) atoms. The summed E-state index contributed by atoms with van der Waals surface area (Å²) in [5.41, 5.74) is 2.08. The van der Waals surface area contributed by atoms with Crippen LogP contribution in [0.2, 0.25) is 15.1 Å². The highest BCUT2D eigenvalue weighted by Crippen LogP contribution is 2.30. The molecule has 0 aliphatic heterocycles. The molecule has 1 unspecified atom stereocenters. The van der Waals surface area contributed by atoms with Gasteiger partial charge in [-0.2, -0.15) is 0 Å². The van der Waals surface area contributed by atoms with Crippen LogP contribution in [0.4, 0.5) is 0 Å². The van der Waals surface area contributed by atoms with Crippen molar-refractivity contribution >= 4 is 34.8 Å². The van der Waals surface area contributed by atoms with Crippen LogP contribution in [0, 0.1) is 0 Å². The fraction of sp³-hybridized carbons (Fsp3) is 0.312. The number of hydrogen-bond donors (Lipinski definition) is 1. The van der Waals surface area contributed by atoms with E-state index < -0.39 is 0 Å². The van der Waals surface area contributed by atoms with Gasteiger partial charge in [0.05, 0.1) is 5.02 Å². The average molecular weight is 344 g/mol. The summed E-state index contributed by atoms with van der Waals surface area (Å²) in [6.07, 6.45) is 5.22. The molecule has 0 bridgehead atoms. The molecule has 1 aromatic heterocycles. The summed E-state index contributed by atoms with van der Waals surface area (Å²) in [7, 11) is 0. The van der Waals surface area contributed by atoms with Gasteiger partial charge in [0.1, 0.15) is 0 Å². The molecule has 112 valence electrons. The van der Waals surface area contributed by atoms with E-state index in [1.807, 2.05) is 18.2 Å². The normalized spacial score (nSPS) is 12.4. The Labute approximate surface area is 140 Å². The molecule has 2 aromatic rings. The number of aromatic nitrogens is 1. The van der Waals surface area contributed by atoms with E-state index in [2.05, 4.69) is 17.2 Å². The first-order valence-electron chi connectivity index (χ1n) is 6.88. The van der Waals surface area contributed by atoms with Crippen molar-refractivity contribution in [1.29, 1.82) is 0 Å². The zero-order valence-electron chi connectivity index (χ0n) is 11.7. The number of hydrogen-bond acceptors (Lipinski definition) is 2. The van der Waals surface area contributed by atoms with Gasteiger partial charge in [-0.25, -0.2) is 0 Å². The van der Waals surface area contributed by atoms with Gasteiger partial charge in [-0.3, -0.25) is 4.98 Å². The third kappa shape index (κ3) is 4.58. The van der Waals surface area contributed by atoms with Gasteiger partial charge in [-0.05, 0) is 48.7 Å². The van der Waals surface area contributed by atoms with Crippen LogP contribution in [0.15, 0.2) is 36.7 Å². The van der Waals surface area contributed by atoms with Crippen molar-refractivity contribution in [2.24, 2.45) is 0 Å². The highest BCUT2D eigenvalue weighted by atomic mass is 35.5. The van der Waals surface area contributed by atoms with E-state index in [4.69, 9.17) is 34.8 Å². The van der Waals surface area contributed by atoms with E-state index in [0.717, 1.165) is 30.5 Å². The number of nitrogens with one attached hydrogen (secondary N) is 1. The van der Waals surface area contributed by atoms with Crippen LogP contribution in [-0.4, -0.2) is 11.5 Å². The largest absolute Gasteiger partial charge is 0.310 e. The van der Waals surface area contributed by atoms with Gasteiger partial charge < -0.3 is 5.32 Å². The molecule has 1 N–H and O–H groups in total. The highest BCUT2D eigenvalue weighted by Gasteiger charge is 2.16. The Morgan fingerprint density at radius 2 is 1.95 bits per heavy atom. The van der Waals surface area contributed by atoms with Gasteiger partial charge in [0.2, 0.25) is 0 Å². The predicted octanol–water partition coefficient (Wildman–Crippen LogP) is 5.33. The topological polar surface area (TPSA) is 24.9 Å². The van der Waals surface area contributed by atoms with Crippen LogP contribution in [0.1, 0.15) is 30.5 Å². The first-order chi connectivity index (χ1) is 10.1. The third-order valence-corrected chi connectivity index (χ3v) is 4.16. The van der Waals surface area contributed by atoms with E-state index in [1.54, 1.807) is 18.5 Å². The molecule has 0 aliphatic carbocycles. The summed E-state index contributed by atoms with van der Waals surface area (Å²) in [6.45, 7) is 3.04. The SMILES string of the molecule is CCCNC(Cc1ccncc1Cl)c1ccc(Cl)cc1Cl. The van der Waals surface area contributed by atoms with E-state index in [1.165, 1.54) is 0 Å². The Hall–Kier alpha value is -0.800. The van der Waals surface area contributed by atoms with E-state index >= 15 is 0 Å². The maximum atomic E-state index is 6.34. The van der Waals surface area contributed by atoms with Crippen LogP contribution in [0.3, 0.4) is 0 Å². The van der Waals surface area contributed by atoms with Gasteiger partial charge >= 0.3 is 0 Å². The second kappa shape index (κ2) is 8.00. The molecule has 2 rings (SSSR count). The quantitative estimate of drug-likeness (QED) is 0.767. The van der Waals surface area contributed by atoms with Crippen molar-refractivity contribution in [3.05, 3.63) is 62.9 Å². The molecular formula is C16H17Cl3N2. The standard InChI is InChI=1S/C16H17Cl3N2/c1-2-6-21-16(8-11-5-7-20-10-15(11)19)13-4-3-12(17)9-14(13)18/h3-5,7,9-10,16,21H,2,6,8H2,1H3. The predicted molar refractivity (Wildman–Crippen MR) is 90.4 cm³/mol. The first kappa shape index (κ1) is 16.6. The lowest BCUT2D eigenvalue weighted by Crippen LogP contribution is -2.24. The summed E-state index contributed by atoms with van der Waals surface area (Å²) in [5.74, 6) is 0. The fourth-order valence-electron chi connectivity index (χ4n) is 2.18. The number of halogens is 3. The lowest BCUT2D eigenvalue weighted by molar-refractivity contribution is 0.529. The molecule has 0 amide bonds. The van der Waals surface area contributed by atoms with Crippen molar-refractivity contribution in [1.82, 2.24) is 10.3 Å². The molecule has 1 aromatic carbocycles. The molecule has 0 spiro atoms. The van der Waals surface area contributed by atoms with Gasteiger partial charge in [-0.15, -0.1) is 0 Å². The maximum absolute atomic E-state index is 6.34. The summed E-state index contributed by atoms with van der Waals surface area (Å²) in [6, 6.07) is 7.62. The van der Waals surface area contributed by atoms with E-state index in [-0.39, 0.29) is 6.04 Å². The van der Waals surface area contributed by atoms with Crippen molar-refractivity contribution < 1.29 is 0 Å². The van der Waals surface area contributed by atoms with Gasteiger partial charge in [0.15, 0.2) is 0 Å². The summed E-state index contributed by atoms with van der Waals surface area (Å²) in [4.78, 5) is 4.02. The second-order valence-corrected chi connectivity index (χ2v) is 6.09. The number of rotatable bonds is 6. The minimum Gasteiger partial charge on any atom is -0.310 e. The van der Waals surface area contributed by atoms with Crippen LogP contribution >= 0.6 is 34.8 Å². The Bertz CT molecular complexity index is 602. The second-order valence-electron chi connectivity index (χ2n) is 4.84. The Balaban J connectivity index is 2.27. The Morgan fingerprint density at radius 3 is 2.62 bits per heavy atom. The van der Waals surface area contributed by atoms with Gasteiger partial charge in [-0.1, -0.05) is 47.8 Å². The van der Waals surface area contributed by atoms with Crippen LogP contribution in [-0.2, 0) is 6.42 Å². The van der Waals surface area contributed by atoms with Crippen molar-refractivity contribution in [2.75, 3.05) is 6.54 Å². The molecule has 1 atom stereocenters.